The van der Waals surface area contributed by atoms with E-state index < -0.39 is 0 Å². The Morgan fingerprint density at radius 1 is 1.33 bits per heavy atom. The van der Waals surface area contributed by atoms with Gasteiger partial charge >= 0.3 is 0 Å². The minimum atomic E-state index is 0.428. The predicted octanol–water partition coefficient (Wildman–Crippen LogP) is 2.50. The highest BCUT2D eigenvalue weighted by Crippen LogP contribution is 2.19. The van der Waals surface area contributed by atoms with Crippen molar-refractivity contribution in [1.82, 2.24) is 10.2 Å². The molecule has 0 aliphatic carbocycles. The van der Waals surface area contributed by atoms with Crippen LogP contribution in [-0.4, -0.2) is 37.1 Å². The van der Waals surface area contributed by atoms with Crippen molar-refractivity contribution in [3.8, 4) is 0 Å². The maximum absolute atomic E-state index is 3.61. The summed E-state index contributed by atoms with van der Waals surface area (Å²) in [6.45, 7) is 14.2. The summed E-state index contributed by atoms with van der Waals surface area (Å²) >= 11 is 0. The Bertz CT molecular complexity index is 177. The van der Waals surface area contributed by atoms with Crippen LogP contribution in [0.4, 0.5) is 0 Å². The fourth-order valence-corrected chi connectivity index (χ4v) is 2.38. The van der Waals surface area contributed by atoms with Crippen LogP contribution in [0.3, 0.4) is 0 Å². The van der Waals surface area contributed by atoms with E-state index in [1.54, 1.807) is 0 Å². The summed E-state index contributed by atoms with van der Waals surface area (Å²) in [5.74, 6) is 0. The van der Waals surface area contributed by atoms with Crippen LogP contribution in [0.5, 0.6) is 0 Å². The van der Waals surface area contributed by atoms with Crippen molar-refractivity contribution in [2.45, 2.75) is 53.0 Å². The second-order valence-corrected chi connectivity index (χ2v) is 5.89. The number of unbranched alkanes of at least 4 members (excludes halogenated alkanes) is 2. The molecular formula is C13H28N2. The quantitative estimate of drug-likeness (QED) is 0.720. The number of rotatable bonds is 4. The van der Waals surface area contributed by atoms with Crippen LogP contribution in [0.15, 0.2) is 0 Å². The number of hydrogen-bond acceptors (Lipinski definition) is 2. The van der Waals surface area contributed by atoms with Gasteiger partial charge in [0, 0.05) is 25.7 Å². The van der Waals surface area contributed by atoms with E-state index in [0.717, 1.165) is 6.54 Å². The van der Waals surface area contributed by atoms with Crippen LogP contribution < -0.4 is 5.32 Å². The zero-order chi connectivity index (χ0) is 11.3. The van der Waals surface area contributed by atoms with E-state index in [0.29, 0.717) is 11.5 Å². The molecule has 15 heavy (non-hydrogen) atoms. The summed E-state index contributed by atoms with van der Waals surface area (Å²) in [6, 6.07) is 0.647. The van der Waals surface area contributed by atoms with Gasteiger partial charge in [0.25, 0.3) is 0 Å². The smallest absolute Gasteiger partial charge is 0.0166 e. The van der Waals surface area contributed by atoms with E-state index in [-0.39, 0.29) is 0 Å². The van der Waals surface area contributed by atoms with Crippen molar-refractivity contribution >= 4 is 0 Å². The van der Waals surface area contributed by atoms with Gasteiger partial charge in [0.05, 0.1) is 0 Å². The van der Waals surface area contributed by atoms with Crippen molar-refractivity contribution in [2.75, 3.05) is 26.2 Å². The van der Waals surface area contributed by atoms with E-state index in [2.05, 4.69) is 37.9 Å². The zero-order valence-electron chi connectivity index (χ0n) is 11.0. The van der Waals surface area contributed by atoms with Crippen molar-refractivity contribution in [2.24, 2.45) is 5.41 Å². The fourth-order valence-electron chi connectivity index (χ4n) is 2.38. The lowest BCUT2D eigenvalue weighted by atomic mass is 9.93. The molecule has 0 aromatic carbocycles. The third-order valence-corrected chi connectivity index (χ3v) is 3.19. The highest BCUT2D eigenvalue weighted by Gasteiger charge is 2.26. The molecule has 1 aliphatic heterocycles. The molecule has 1 heterocycles. The highest BCUT2D eigenvalue weighted by molar-refractivity contribution is 4.83. The summed E-state index contributed by atoms with van der Waals surface area (Å²) in [4.78, 5) is 2.64. The molecule has 0 radical (unpaired) electrons. The largest absolute Gasteiger partial charge is 0.312 e. The average molecular weight is 212 g/mol. The molecule has 1 unspecified atom stereocenters. The summed E-state index contributed by atoms with van der Waals surface area (Å²) in [5, 5.41) is 3.61. The normalized spacial score (nSPS) is 27.6. The lowest BCUT2D eigenvalue weighted by molar-refractivity contribution is 0.199. The molecule has 1 aliphatic rings. The Balaban J connectivity index is 2.39. The predicted molar refractivity (Wildman–Crippen MR) is 67.2 cm³/mol. The molecule has 0 bridgehead atoms. The second kappa shape index (κ2) is 5.86. The van der Waals surface area contributed by atoms with Gasteiger partial charge in [-0.1, -0.05) is 33.6 Å². The van der Waals surface area contributed by atoms with E-state index in [9.17, 15) is 0 Å². The third kappa shape index (κ3) is 4.98. The monoisotopic (exact) mass is 212 g/mol. The molecule has 0 aromatic heterocycles. The summed E-state index contributed by atoms with van der Waals surface area (Å²) in [6.07, 6.45) is 4.06. The summed E-state index contributed by atoms with van der Waals surface area (Å²) in [5.41, 5.74) is 0.428. The van der Waals surface area contributed by atoms with Crippen molar-refractivity contribution in [3.05, 3.63) is 0 Å². The zero-order valence-corrected chi connectivity index (χ0v) is 11.0. The first-order valence-corrected chi connectivity index (χ1v) is 6.49. The molecule has 0 spiro atoms. The van der Waals surface area contributed by atoms with Crippen LogP contribution in [0.25, 0.3) is 0 Å². The fraction of sp³-hybridized carbons (Fsp3) is 1.00. The maximum atomic E-state index is 3.61. The van der Waals surface area contributed by atoms with Crippen molar-refractivity contribution in [1.29, 1.82) is 0 Å². The standard InChI is InChI=1S/C13H28N2/c1-5-6-7-8-15-9-12(2)14-10-13(3,4)11-15/h12,14H,5-11H2,1-4H3. The van der Waals surface area contributed by atoms with Gasteiger partial charge < -0.3 is 10.2 Å². The number of nitrogens with one attached hydrogen (secondary N) is 1. The van der Waals surface area contributed by atoms with Crippen LogP contribution in [-0.2, 0) is 0 Å². The summed E-state index contributed by atoms with van der Waals surface area (Å²) in [7, 11) is 0. The minimum Gasteiger partial charge on any atom is -0.312 e. The summed E-state index contributed by atoms with van der Waals surface area (Å²) < 4.78 is 0. The maximum Gasteiger partial charge on any atom is 0.0166 e. The van der Waals surface area contributed by atoms with Gasteiger partial charge in [-0.25, -0.2) is 0 Å². The van der Waals surface area contributed by atoms with Gasteiger partial charge in [-0.3, -0.25) is 0 Å². The third-order valence-electron chi connectivity index (χ3n) is 3.19. The number of hydrogen-bond donors (Lipinski definition) is 1. The molecule has 1 saturated heterocycles. The molecule has 90 valence electrons. The van der Waals surface area contributed by atoms with E-state index in [4.69, 9.17) is 0 Å². The average Bonchev–Trinajstić information content (AvgIpc) is 2.26. The van der Waals surface area contributed by atoms with Gasteiger partial charge in [-0.2, -0.15) is 0 Å². The van der Waals surface area contributed by atoms with Gasteiger partial charge in [0.15, 0.2) is 0 Å². The minimum absolute atomic E-state index is 0.428. The molecule has 2 heteroatoms. The Morgan fingerprint density at radius 2 is 2.07 bits per heavy atom. The molecular weight excluding hydrogens is 184 g/mol. The molecule has 1 rings (SSSR count). The molecule has 0 amide bonds. The molecule has 1 atom stereocenters. The Labute approximate surface area is 95.4 Å². The molecule has 0 aromatic rings. The molecule has 0 saturated carbocycles. The first kappa shape index (κ1) is 13.0. The lowest BCUT2D eigenvalue weighted by Gasteiger charge is -2.29. The topological polar surface area (TPSA) is 15.3 Å². The SMILES string of the molecule is CCCCCN1CC(C)NCC(C)(C)C1. The van der Waals surface area contributed by atoms with Crippen LogP contribution in [0.1, 0.15) is 47.0 Å². The lowest BCUT2D eigenvalue weighted by Crippen LogP contribution is -2.36. The van der Waals surface area contributed by atoms with Crippen LogP contribution in [0, 0.1) is 5.41 Å². The van der Waals surface area contributed by atoms with Crippen molar-refractivity contribution in [3.63, 3.8) is 0 Å². The van der Waals surface area contributed by atoms with Gasteiger partial charge in [-0.05, 0) is 25.3 Å². The van der Waals surface area contributed by atoms with E-state index in [1.165, 1.54) is 38.9 Å². The van der Waals surface area contributed by atoms with Gasteiger partial charge in [0.2, 0.25) is 0 Å². The Hall–Kier alpha value is -0.0800. The van der Waals surface area contributed by atoms with Crippen LogP contribution in [0.2, 0.25) is 0 Å². The molecule has 1 N–H and O–H groups in total. The highest BCUT2D eigenvalue weighted by atomic mass is 15.2. The van der Waals surface area contributed by atoms with Gasteiger partial charge in [-0.15, -0.1) is 0 Å². The second-order valence-electron chi connectivity index (χ2n) is 5.89. The van der Waals surface area contributed by atoms with Crippen LogP contribution >= 0.6 is 0 Å². The molecule has 1 fully saturated rings. The van der Waals surface area contributed by atoms with E-state index >= 15 is 0 Å². The molecule has 2 nitrogen and oxygen atoms in total. The van der Waals surface area contributed by atoms with Gasteiger partial charge in [0.1, 0.15) is 0 Å². The number of nitrogens with zero attached hydrogens (tertiary/aromatic N) is 1. The van der Waals surface area contributed by atoms with E-state index in [1.807, 2.05) is 0 Å². The Morgan fingerprint density at radius 3 is 2.73 bits per heavy atom. The first-order chi connectivity index (χ1) is 7.03. The first-order valence-electron chi connectivity index (χ1n) is 6.49. The Kier molecular flexibility index (Phi) is 5.07. The van der Waals surface area contributed by atoms with Crippen molar-refractivity contribution < 1.29 is 0 Å².